The van der Waals surface area contributed by atoms with Gasteiger partial charge in [-0.2, -0.15) is 0 Å². The number of ether oxygens (including phenoxy) is 1. The number of hydrogen-bond acceptors (Lipinski definition) is 4. The first kappa shape index (κ1) is 15.9. The molecule has 0 saturated carbocycles. The molecule has 0 rings (SSSR count). The molecule has 0 aromatic rings. The lowest BCUT2D eigenvalue weighted by atomic mass is 9.93. The van der Waals surface area contributed by atoms with Gasteiger partial charge in [-0.05, 0) is 34.8 Å². The second-order valence-corrected chi connectivity index (χ2v) is 7.97. The van der Waals surface area contributed by atoms with Crippen LogP contribution in [0.5, 0.6) is 0 Å². The minimum atomic E-state index is 0.00369. The van der Waals surface area contributed by atoms with Crippen LogP contribution in [-0.2, 0) is 9.53 Å². The zero-order valence-corrected chi connectivity index (χ0v) is 12.7. The summed E-state index contributed by atoms with van der Waals surface area (Å²) in [5.74, 6) is 0. The van der Waals surface area contributed by atoms with E-state index in [0.717, 1.165) is 11.8 Å². The normalized spacial score (nSPS) is 12.4. The maximum atomic E-state index is 11.6. The molecule has 0 saturated heterocycles. The molecule has 0 aromatic carbocycles. The number of hydrogen-bond donors (Lipinski definition) is 0. The first-order chi connectivity index (χ1) is 6.99. The van der Waals surface area contributed by atoms with Gasteiger partial charge in [-0.25, -0.2) is 0 Å². The summed E-state index contributed by atoms with van der Waals surface area (Å²) in [6.45, 7) is 12.8. The fourth-order valence-electron chi connectivity index (χ4n) is 0.867. The molecule has 2 nitrogen and oxygen atoms in total. The average Bonchev–Trinajstić information content (AvgIpc) is 1.95. The molecule has 0 bridgehead atoms. The summed E-state index contributed by atoms with van der Waals surface area (Å²) in [5, 5.41) is 0.0754. The fourth-order valence-corrected chi connectivity index (χ4v) is 2.01. The second-order valence-electron chi connectivity index (χ2n) is 6.31. The Labute approximate surface area is 109 Å². The summed E-state index contributed by atoms with van der Waals surface area (Å²) < 4.78 is 5.70. The van der Waals surface area contributed by atoms with Crippen molar-refractivity contribution in [3.63, 3.8) is 0 Å². The van der Waals surface area contributed by atoms with Crippen molar-refractivity contribution in [1.82, 2.24) is 0 Å². The number of rotatable bonds is 2. The van der Waals surface area contributed by atoms with Crippen molar-refractivity contribution in [1.29, 1.82) is 0 Å². The summed E-state index contributed by atoms with van der Waals surface area (Å²) in [6, 6.07) is 0. The highest BCUT2D eigenvalue weighted by molar-refractivity contribution is 8.32. The van der Waals surface area contributed by atoms with Gasteiger partial charge < -0.3 is 4.74 Å². The molecule has 0 aliphatic rings. The molecule has 0 aliphatic heterocycles. The van der Waals surface area contributed by atoms with Crippen LogP contribution in [-0.4, -0.2) is 16.1 Å². The Morgan fingerprint density at radius 3 is 2.00 bits per heavy atom. The summed E-state index contributed by atoms with van der Waals surface area (Å²) in [7, 11) is 0. The molecule has 94 valence electrons. The molecule has 16 heavy (non-hydrogen) atoms. The monoisotopic (exact) mass is 262 g/mol. The van der Waals surface area contributed by atoms with Crippen molar-refractivity contribution in [3.05, 3.63) is 0 Å². The van der Waals surface area contributed by atoms with E-state index in [4.69, 9.17) is 17.0 Å². The van der Waals surface area contributed by atoms with Crippen LogP contribution in [0.15, 0.2) is 0 Å². The van der Waals surface area contributed by atoms with E-state index in [1.165, 1.54) is 0 Å². The predicted molar refractivity (Wildman–Crippen MR) is 74.7 cm³/mol. The van der Waals surface area contributed by atoms with E-state index >= 15 is 0 Å². The highest BCUT2D eigenvalue weighted by Gasteiger charge is 2.19. The molecule has 4 heteroatoms. The van der Waals surface area contributed by atoms with Gasteiger partial charge in [0.15, 0.2) is 5.12 Å². The third-order valence-electron chi connectivity index (χ3n) is 1.49. The van der Waals surface area contributed by atoms with E-state index in [9.17, 15) is 4.79 Å². The molecule has 0 atom stereocenters. The molecule has 0 aromatic heterocycles. The maximum absolute atomic E-state index is 11.6. The molecular formula is C12H22O2S2. The van der Waals surface area contributed by atoms with Crippen LogP contribution in [0.25, 0.3) is 0 Å². The Morgan fingerprint density at radius 2 is 1.62 bits per heavy atom. The largest absolute Gasteiger partial charge is 0.478 e. The molecule has 0 unspecified atom stereocenters. The summed E-state index contributed by atoms with van der Waals surface area (Å²) in [4.78, 5) is 11.6. The minimum Gasteiger partial charge on any atom is -0.478 e. The van der Waals surface area contributed by atoms with Gasteiger partial charge in [-0.1, -0.05) is 41.5 Å². The van der Waals surface area contributed by atoms with E-state index in [1.807, 2.05) is 20.8 Å². The number of carbonyl (C=O) groups is 1. The number of carbonyl (C=O) groups excluding carboxylic acids is 1. The fraction of sp³-hybridized carbons (Fsp3) is 0.833. The van der Waals surface area contributed by atoms with E-state index in [-0.39, 0.29) is 15.9 Å². The highest BCUT2D eigenvalue weighted by Crippen LogP contribution is 2.24. The smallest absolute Gasteiger partial charge is 0.227 e. The van der Waals surface area contributed by atoms with Crippen LogP contribution in [0.3, 0.4) is 0 Å². The Bertz CT molecular complexity index is 259. The van der Waals surface area contributed by atoms with E-state index in [1.54, 1.807) is 0 Å². The molecule has 0 fully saturated rings. The highest BCUT2D eigenvalue weighted by atomic mass is 32.2. The van der Waals surface area contributed by atoms with Gasteiger partial charge >= 0.3 is 0 Å². The van der Waals surface area contributed by atoms with Crippen molar-refractivity contribution in [2.45, 2.75) is 48.0 Å². The molecule has 0 radical (unpaired) electrons. The van der Waals surface area contributed by atoms with Gasteiger partial charge in [0.25, 0.3) is 0 Å². The average molecular weight is 262 g/mol. The number of thiocarbonyl (C=S) groups is 1. The zero-order valence-electron chi connectivity index (χ0n) is 11.0. The summed E-state index contributed by atoms with van der Waals surface area (Å²) in [6.07, 6.45) is 0.511. The van der Waals surface area contributed by atoms with Crippen LogP contribution in [0.1, 0.15) is 48.0 Å². The standard InChI is InChI=1S/C12H22O2S2/c1-11(2,3)7-9(13)16-10(15)14-8-12(4,5)6/h7-8H2,1-6H3. The lowest BCUT2D eigenvalue weighted by Crippen LogP contribution is -2.17. The lowest BCUT2D eigenvalue weighted by molar-refractivity contribution is -0.112. The molecule has 0 amide bonds. The van der Waals surface area contributed by atoms with E-state index < -0.39 is 0 Å². The van der Waals surface area contributed by atoms with Crippen LogP contribution in [0, 0.1) is 10.8 Å². The quantitative estimate of drug-likeness (QED) is 0.702. The second kappa shape index (κ2) is 6.01. The SMILES string of the molecule is CC(C)(C)COC(=S)SC(=O)CC(C)(C)C. The van der Waals surface area contributed by atoms with Crippen LogP contribution in [0.4, 0.5) is 0 Å². The van der Waals surface area contributed by atoms with Gasteiger partial charge in [0.05, 0.1) is 6.61 Å². The summed E-state index contributed by atoms with van der Waals surface area (Å²) in [5.41, 5.74) is 0.0709. The van der Waals surface area contributed by atoms with Crippen LogP contribution >= 0.6 is 24.0 Å². The summed E-state index contributed by atoms with van der Waals surface area (Å²) >= 11 is 6.04. The topological polar surface area (TPSA) is 26.3 Å². The van der Waals surface area contributed by atoms with Crippen molar-refractivity contribution in [2.24, 2.45) is 10.8 Å². The third kappa shape index (κ3) is 10.4. The van der Waals surface area contributed by atoms with Gasteiger partial charge in [0.2, 0.25) is 4.38 Å². The maximum Gasteiger partial charge on any atom is 0.227 e. The molecule has 0 heterocycles. The van der Waals surface area contributed by atoms with Crippen molar-refractivity contribution >= 4 is 33.5 Å². The predicted octanol–water partition coefficient (Wildman–Crippen LogP) is 4.03. The van der Waals surface area contributed by atoms with Gasteiger partial charge in [-0.3, -0.25) is 4.79 Å². The van der Waals surface area contributed by atoms with Gasteiger partial charge in [0.1, 0.15) is 0 Å². The first-order valence-corrected chi connectivity index (χ1v) is 6.59. The van der Waals surface area contributed by atoms with Crippen LogP contribution < -0.4 is 0 Å². The number of thioether (sulfide) groups is 1. The van der Waals surface area contributed by atoms with Gasteiger partial charge in [0, 0.05) is 6.42 Å². The van der Waals surface area contributed by atoms with Crippen molar-refractivity contribution < 1.29 is 9.53 Å². The molecule has 0 spiro atoms. The van der Waals surface area contributed by atoms with E-state index in [2.05, 4.69) is 20.8 Å². The zero-order chi connectivity index (χ0) is 13.0. The Morgan fingerprint density at radius 1 is 1.12 bits per heavy atom. The third-order valence-corrected chi connectivity index (χ3v) is 2.52. The molecule has 0 aliphatic carbocycles. The molecule has 0 N–H and O–H groups in total. The van der Waals surface area contributed by atoms with Gasteiger partial charge in [-0.15, -0.1) is 0 Å². The van der Waals surface area contributed by atoms with E-state index in [0.29, 0.717) is 17.4 Å². The lowest BCUT2D eigenvalue weighted by Gasteiger charge is -2.19. The van der Waals surface area contributed by atoms with Crippen molar-refractivity contribution in [3.8, 4) is 0 Å². The van der Waals surface area contributed by atoms with Crippen molar-refractivity contribution in [2.75, 3.05) is 6.61 Å². The Kier molecular flexibility index (Phi) is 5.98. The Balaban J connectivity index is 3.93. The Hall–Kier alpha value is -0.0900. The minimum absolute atomic E-state index is 0.00369. The van der Waals surface area contributed by atoms with Crippen LogP contribution in [0.2, 0.25) is 0 Å². The molecular weight excluding hydrogens is 240 g/mol. The first-order valence-electron chi connectivity index (χ1n) is 5.37.